The van der Waals surface area contributed by atoms with Gasteiger partial charge in [0.15, 0.2) is 0 Å². The van der Waals surface area contributed by atoms with Gasteiger partial charge in [-0.3, -0.25) is 9.59 Å². The number of aliphatic hydroxyl groups is 2. The first-order valence-corrected chi connectivity index (χ1v) is 13.9. The quantitative estimate of drug-likeness (QED) is 0.554. The van der Waals surface area contributed by atoms with E-state index in [4.69, 9.17) is 0 Å². The van der Waals surface area contributed by atoms with Crippen molar-refractivity contribution >= 4 is 11.6 Å². The van der Waals surface area contributed by atoms with Crippen molar-refractivity contribution < 1.29 is 19.8 Å². The van der Waals surface area contributed by atoms with Crippen LogP contribution >= 0.6 is 0 Å². The van der Waals surface area contributed by atoms with E-state index < -0.39 is 12.2 Å². The van der Waals surface area contributed by atoms with Gasteiger partial charge in [0.05, 0.1) is 12.2 Å². The molecule has 188 valence electrons. The Labute approximate surface area is 201 Å². The molecular formula is C29H48O4. The summed E-state index contributed by atoms with van der Waals surface area (Å²) in [6.07, 6.45) is 6.49. The van der Waals surface area contributed by atoms with Crippen LogP contribution in [-0.4, -0.2) is 34.0 Å². The van der Waals surface area contributed by atoms with Crippen molar-refractivity contribution in [3.05, 3.63) is 0 Å². The Hall–Kier alpha value is -0.740. The number of aliphatic hydroxyl groups excluding tert-OH is 2. The zero-order valence-corrected chi connectivity index (χ0v) is 21.8. The minimum absolute atomic E-state index is 0.0400. The summed E-state index contributed by atoms with van der Waals surface area (Å²) in [7, 11) is 0. The molecule has 0 aromatic heterocycles. The standard InChI is InChI=1S/C29H48O4/c1-7-19(16(2)3)27(33)26(32)17(4)21-10-11-22-20-14-25(31)24-9-8-18(30)15-29(24,6)23(20)12-13-28(21,22)5/h16-17,19-24,26-27,32-33H,7-15H2,1-6H3/t17-,19-,20-,21+,22-,23-,24?,26+,27+,28+,29+/m0/s1. The van der Waals surface area contributed by atoms with Crippen LogP contribution in [-0.2, 0) is 9.59 Å². The Balaban J connectivity index is 1.55. The molecule has 4 heteroatoms. The number of rotatable bonds is 6. The highest BCUT2D eigenvalue weighted by atomic mass is 16.3. The number of ketones is 2. The molecule has 0 bridgehead atoms. The number of hydrogen-bond donors (Lipinski definition) is 2. The molecule has 0 amide bonds. The third-order valence-corrected chi connectivity index (χ3v) is 11.6. The van der Waals surface area contributed by atoms with Gasteiger partial charge in [-0.1, -0.05) is 48.0 Å². The number of Topliss-reactive ketones (excluding diaryl/α,β-unsaturated/α-hetero) is 2. The van der Waals surface area contributed by atoms with Gasteiger partial charge < -0.3 is 10.2 Å². The van der Waals surface area contributed by atoms with Crippen molar-refractivity contribution in [2.75, 3.05) is 0 Å². The summed E-state index contributed by atoms with van der Waals surface area (Å²) < 4.78 is 0. The van der Waals surface area contributed by atoms with E-state index in [2.05, 4.69) is 41.5 Å². The predicted molar refractivity (Wildman–Crippen MR) is 130 cm³/mol. The van der Waals surface area contributed by atoms with E-state index in [9.17, 15) is 19.8 Å². The van der Waals surface area contributed by atoms with E-state index in [1.165, 1.54) is 0 Å². The van der Waals surface area contributed by atoms with Crippen LogP contribution in [0, 0.1) is 58.2 Å². The average molecular weight is 461 g/mol. The largest absolute Gasteiger partial charge is 0.390 e. The topological polar surface area (TPSA) is 74.6 Å². The van der Waals surface area contributed by atoms with Crippen LogP contribution in [0.3, 0.4) is 0 Å². The maximum absolute atomic E-state index is 13.3. The summed E-state index contributed by atoms with van der Waals surface area (Å²) in [6, 6.07) is 0. The van der Waals surface area contributed by atoms with Gasteiger partial charge in [0.2, 0.25) is 0 Å². The zero-order chi connectivity index (χ0) is 24.3. The van der Waals surface area contributed by atoms with Crippen molar-refractivity contribution in [3.63, 3.8) is 0 Å². The molecule has 4 nitrogen and oxygen atoms in total. The Morgan fingerprint density at radius 3 is 2.24 bits per heavy atom. The monoisotopic (exact) mass is 460 g/mol. The molecule has 0 aliphatic heterocycles. The van der Waals surface area contributed by atoms with E-state index in [-0.39, 0.29) is 28.6 Å². The fraction of sp³-hybridized carbons (Fsp3) is 0.931. The summed E-state index contributed by atoms with van der Waals surface area (Å²) in [5, 5.41) is 22.3. The third-order valence-electron chi connectivity index (χ3n) is 11.6. The van der Waals surface area contributed by atoms with Crippen LogP contribution < -0.4 is 0 Å². The van der Waals surface area contributed by atoms with Gasteiger partial charge in [-0.05, 0) is 84.4 Å². The summed E-state index contributed by atoms with van der Waals surface area (Å²) in [4.78, 5) is 25.7. The smallest absolute Gasteiger partial charge is 0.136 e. The molecule has 0 aromatic carbocycles. The van der Waals surface area contributed by atoms with Gasteiger partial charge in [-0.2, -0.15) is 0 Å². The van der Waals surface area contributed by atoms with Gasteiger partial charge in [0.1, 0.15) is 11.6 Å². The number of fused-ring (bicyclic) bond motifs is 5. The molecule has 11 atom stereocenters. The molecule has 4 saturated carbocycles. The highest BCUT2D eigenvalue weighted by Gasteiger charge is 2.63. The van der Waals surface area contributed by atoms with Gasteiger partial charge >= 0.3 is 0 Å². The van der Waals surface area contributed by atoms with Crippen LogP contribution in [0.2, 0.25) is 0 Å². The average Bonchev–Trinajstić information content (AvgIpc) is 3.09. The molecule has 4 aliphatic rings. The van der Waals surface area contributed by atoms with Crippen molar-refractivity contribution in [2.24, 2.45) is 58.2 Å². The normalized spacial score (nSPS) is 44.6. The van der Waals surface area contributed by atoms with Crippen molar-refractivity contribution in [3.8, 4) is 0 Å². The number of carbonyl (C=O) groups excluding carboxylic acids is 2. The molecule has 0 spiro atoms. The molecule has 2 N–H and O–H groups in total. The summed E-state index contributed by atoms with van der Waals surface area (Å²) in [5.74, 6) is 3.03. The van der Waals surface area contributed by atoms with Gasteiger partial charge in [-0.25, -0.2) is 0 Å². The van der Waals surface area contributed by atoms with Crippen molar-refractivity contribution in [1.29, 1.82) is 0 Å². The predicted octanol–water partition coefficient (Wildman–Crippen LogP) is 5.43. The third kappa shape index (κ3) is 3.96. The van der Waals surface area contributed by atoms with Crippen molar-refractivity contribution in [1.82, 2.24) is 0 Å². The second-order valence-electron chi connectivity index (χ2n) is 13.2. The molecule has 1 unspecified atom stereocenters. The van der Waals surface area contributed by atoms with Crippen LogP contribution in [0.15, 0.2) is 0 Å². The number of hydrogen-bond acceptors (Lipinski definition) is 4. The van der Waals surface area contributed by atoms with E-state index in [0.29, 0.717) is 60.4 Å². The fourth-order valence-electron chi connectivity index (χ4n) is 9.77. The van der Waals surface area contributed by atoms with Gasteiger partial charge in [-0.15, -0.1) is 0 Å². The van der Waals surface area contributed by atoms with Gasteiger partial charge in [0, 0.05) is 25.2 Å². The molecule has 4 fully saturated rings. The van der Waals surface area contributed by atoms with Crippen LogP contribution in [0.5, 0.6) is 0 Å². The lowest BCUT2D eigenvalue weighted by Gasteiger charge is -2.59. The first-order valence-electron chi connectivity index (χ1n) is 13.9. The minimum Gasteiger partial charge on any atom is -0.390 e. The fourth-order valence-corrected chi connectivity index (χ4v) is 9.77. The molecule has 33 heavy (non-hydrogen) atoms. The zero-order valence-electron chi connectivity index (χ0n) is 21.8. The summed E-state index contributed by atoms with van der Waals surface area (Å²) >= 11 is 0. The highest BCUT2D eigenvalue weighted by Crippen LogP contribution is 2.67. The highest BCUT2D eigenvalue weighted by molar-refractivity contribution is 5.88. The Morgan fingerprint density at radius 2 is 1.61 bits per heavy atom. The molecule has 0 radical (unpaired) electrons. The van der Waals surface area contributed by atoms with Crippen LogP contribution in [0.1, 0.15) is 99.3 Å². The second-order valence-corrected chi connectivity index (χ2v) is 13.2. The Kier molecular flexibility index (Phi) is 6.95. The lowest BCUT2D eigenvalue weighted by atomic mass is 9.44. The number of carbonyl (C=O) groups is 2. The van der Waals surface area contributed by atoms with Crippen molar-refractivity contribution in [2.45, 2.75) is 112 Å². The second kappa shape index (κ2) is 9.04. The first kappa shape index (κ1) is 25.4. The maximum Gasteiger partial charge on any atom is 0.136 e. The molecule has 0 heterocycles. The van der Waals surface area contributed by atoms with Gasteiger partial charge in [0.25, 0.3) is 0 Å². The van der Waals surface area contributed by atoms with E-state index in [1.807, 2.05) is 0 Å². The maximum atomic E-state index is 13.3. The Bertz CT molecular complexity index is 761. The molecule has 4 aliphatic carbocycles. The minimum atomic E-state index is -0.707. The summed E-state index contributed by atoms with van der Waals surface area (Å²) in [5.41, 5.74) is -0.0509. The van der Waals surface area contributed by atoms with Crippen LogP contribution in [0.25, 0.3) is 0 Å². The van der Waals surface area contributed by atoms with Crippen LogP contribution in [0.4, 0.5) is 0 Å². The lowest BCUT2D eigenvalue weighted by Crippen LogP contribution is -2.57. The van der Waals surface area contributed by atoms with E-state index in [1.54, 1.807) is 0 Å². The lowest BCUT2D eigenvalue weighted by molar-refractivity contribution is -0.159. The molecular weight excluding hydrogens is 412 g/mol. The molecule has 0 saturated heterocycles. The summed E-state index contributed by atoms with van der Waals surface area (Å²) in [6.45, 7) is 13.2. The molecule has 4 rings (SSSR count). The Morgan fingerprint density at radius 1 is 0.939 bits per heavy atom. The molecule has 0 aromatic rings. The van der Waals surface area contributed by atoms with E-state index >= 15 is 0 Å². The SMILES string of the molecule is CC[C@@H](C(C)C)[C@@H](O)[C@H](O)[C@@H](C)[C@H]1CC[C@H]2[C@@H]3CC(=O)C4CCC(=O)C[C@]4(C)[C@H]3CC[C@]12C. The van der Waals surface area contributed by atoms with E-state index in [0.717, 1.165) is 38.5 Å². The first-order chi connectivity index (χ1) is 15.5.